The van der Waals surface area contributed by atoms with Gasteiger partial charge in [0.25, 0.3) is 0 Å². The van der Waals surface area contributed by atoms with Gasteiger partial charge in [0, 0.05) is 30.2 Å². The van der Waals surface area contributed by atoms with Crippen molar-refractivity contribution < 1.29 is 14.7 Å². The molecule has 5 heteroatoms. The topological polar surface area (TPSA) is 71.3 Å². The van der Waals surface area contributed by atoms with Gasteiger partial charge in [-0.3, -0.25) is 9.59 Å². The van der Waals surface area contributed by atoms with Crippen molar-refractivity contribution in [1.29, 1.82) is 0 Å². The van der Waals surface area contributed by atoms with Crippen molar-refractivity contribution in [3.63, 3.8) is 0 Å². The van der Waals surface area contributed by atoms with E-state index in [1.165, 1.54) is 0 Å². The number of hydrogen-bond donors (Lipinski definition) is 2. The number of para-hydroxylation sites is 1. The summed E-state index contributed by atoms with van der Waals surface area (Å²) in [6.07, 6.45) is 3.64. The van der Waals surface area contributed by atoms with Crippen LogP contribution in [0.1, 0.15) is 32.3 Å². The average Bonchev–Trinajstić information content (AvgIpc) is 2.89. The number of carbonyl (C=O) groups excluding carboxylic acids is 1. The minimum absolute atomic E-state index is 0.133. The molecule has 2 N–H and O–H groups in total. The number of amides is 1. The second kappa shape index (κ2) is 7.81. The maximum atomic E-state index is 12.2. The number of carboxylic acid groups (broad SMARTS) is 1. The lowest BCUT2D eigenvalue weighted by atomic mass is 10.0. The smallest absolute Gasteiger partial charge is 0.308 e. The van der Waals surface area contributed by atoms with Crippen LogP contribution in [0.4, 0.5) is 0 Å². The van der Waals surface area contributed by atoms with Crippen molar-refractivity contribution in [2.45, 2.75) is 39.7 Å². The Balaban J connectivity index is 2.04. The van der Waals surface area contributed by atoms with E-state index >= 15 is 0 Å². The number of benzene rings is 1. The van der Waals surface area contributed by atoms with Gasteiger partial charge >= 0.3 is 5.97 Å². The Hall–Kier alpha value is -2.30. The summed E-state index contributed by atoms with van der Waals surface area (Å²) in [5, 5.41) is 13.0. The lowest BCUT2D eigenvalue weighted by Crippen LogP contribution is -2.33. The minimum atomic E-state index is -0.852. The number of nitrogens with zero attached hydrogens (tertiary/aromatic N) is 1. The third-order valence-corrected chi connectivity index (χ3v) is 4.09. The van der Waals surface area contributed by atoms with Crippen LogP contribution in [0.5, 0.6) is 0 Å². The first-order valence-corrected chi connectivity index (χ1v) is 8.13. The Morgan fingerprint density at radius 1 is 1.26 bits per heavy atom. The van der Waals surface area contributed by atoms with Crippen LogP contribution < -0.4 is 5.32 Å². The summed E-state index contributed by atoms with van der Waals surface area (Å²) in [5.41, 5.74) is 2.09. The van der Waals surface area contributed by atoms with E-state index in [1.807, 2.05) is 37.4 Å². The van der Waals surface area contributed by atoms with Crippen molar-refractivity contribution >= 4 is 22.8 Å². The second-order valence-electron chi connectivity index (χ2n) is 5.76. The molecule has 1 aromatic heterocycles. The highest BCUT2D eigenvalue weighted by molar-refractivity contribution is 5.89. The highest BCUT2D eigenvalue weighted by atomic mass is 16.4. The first-order valence-electron chi connectivity index (χ1n) is 8.13. The first kappa shape index (κ1) is 17.1. The average molecular weight is 316 g/mol. The van der Waals surface area contributed by atoms with Gasteiger partial charge in [-0.2, -0.15) is 0 Å². The van der Waals surface area contributed by atoms with Crippen LogP contribution in [-0.4, -0.2) is 28.1 Å². The van der Waals surface area contributed by atoms with Gasteiger partial charge in [0.05, 0.1) is 12.3 Å². The number of carboxylic acids is 1. The van der Waals surface area contributed by atoms with Crippen LogP contribution >= 0.6 is 0 Å². The third-order valence-electron chi connectivity index (χ3n) is 4.09. The van der Waals surface area contributed by atoms with E-state index < -0.39 is 11.9 Å². The Bertz CT molecular complexity index is 691. The predicted octanol–water partition coefficient (Wildman–Crippen LogP) is 2.82. The number of rotatable bonds is 8. The van der Waals surface area contributed by atoms with Crippen LogP contribution in [-0.2, 0) is 22.6 Å². The molecular weight excluding hydrogens is 292 g/mol. The van der Waals surface area contributed by atoms with E-state index in [4.69, 9.17) is 5.11 Å². The molecule has 5 nitrogen and oxygen atoms in total. The molecule has 0 aliphatic carbocycles. The molecular formula is C18H24N2O3. The highest BCUT2D eigenvalue weighted by Gasteiger charge is 2.18. The number of aromatic nitrogens is 1. The van der Waals surface area contributed by atoms with E-state index in [-0.39, 0.29) is 18.9 Å². The first-order chi connectivity index (χ1) is 11.1. The molecule has 0 saturated carbocycles. The van der Waals surface area contributed by atoms with Crippen LogP contribution in [0.3, 0.4) is 0 Å². The fourth-order valence-corrected chi connectivity index (χ4v) is 2.86. The minimum Gasteiger partial charge on any atom is -0.481 e. The van der Waals surface area contributed by atoms with Gasteiger partial charge in [0.1, 0.15) is 0 Å². The summed E-state index contributed by atoms with van der Waals surface area (Å²) >= 11 is 0. The number of nitrogens with one attached hydrogen (secondary N) is 1. The summed E-state index contributed by atoms with van der Waals surface area (Å²) < 4.78 is 2.12. The molecule has 1 aromatic carbocycles. The SMILES string of the molecule is CCCC(CNC(=O)Cc1cn(CC)c2ccccc12)C(=O)O. The third kappa shape index (κ3) is 4.12. The van der Waals surface area contributed by atoms with Crippen molar-refractivity contribution in [2.75, 3.05) is 6.54 Å². The summed E-state index contributed by atoms with van der Waals surface area (Å²) in [5.74, 6) is -1.50. The van der Waals surface area contributed by atoms with Gasteiger partial charge in [0.2, 0.25) is 5.91 Å². The fraction of sp³-hybridized carbons (Fsp3) is 0.444. The number of hydrogen-bond acceptors (Lipinski definition) is 2. The zero-order chi connectivity index (χ0) is 16.8. The van der Waals surface area contributed by atoms with Gasteiger partial charge in [-0.1, -0.05) is 31.5 Å². The van der Waals surface area contributed by atoms with Gasteiger partial charge in [0.15, 0.2) is 0 Å². The zero-order valence-corrected chi connectivity index (χ0v) is 13.7. The summed E-state index contributed by atoms with van der Waals surface area (Å²) in [6.45, 7) is 5.05. The molecule has 1 atom stereocenters. The maximum Gasteiger partial charge on any atom is 0.308 e. The maximum absolute atomic E-state index is 12.2. The van der Waals surface area contributed by atoms with Crippen molar-refractivity contribution in [3.05, 3.63) is 36.0 Å². The molecule has 0 spiro atoms. The van der Waals surface area contributed by atoms with Crippen LogP contribution in [0.25, 0.3) is 10.9 Å². The molecule has 0 aliphatic rings. The van der Waals surface area contributed by atoms with Crippen molar-refractivity contribution in [3.8, 4) is 0 Å². The molecule has 23 heavy (non-hydrogen) atoms. The van der Waals surface area contributed by atoms with Crippen LogP contribution in [0.2, 0.25) is 0 Å². The van der Waals surface area contributed by atoms with E-state index in [0.29, 0.717) is 6.42 Å². The van der Waals surface area contributed by atoms with E-state index in [9.17, 15) is 9.59 Å². The highest BCUT2D eigenvalue weighted by Crippen LogP contribution is 2.21. The molecule has 1 unspecified atom stereocenters. The molecule has 0 fully saturated rings. The standard InChI is InChI=1S/C18H24N2O3/c1-3-7-13(18(22)23)11-19-17(21)10-14-12-20(4-2)16-9-6-5-8-15(14)16/h5-6,8-9,12-13H,3-4,7,10-11H2,1-2H3,(H,19,21)(H,22,23). The quantitative estimate of drug-likeness (QED) is 0.786. The Labute approximate surface area is 136 Å². The molecule has 2 aromatic rings. The molecule has 0 aliphatic heterocycles. The lowest BCUT2D eigenvalue weighted by molar-refractivity contribution is -0.141. The zero-order valence-electron chi connectivity index (χ0n) is 13.7. The molecule has 0 bridgehead atoms. The monoisotopic (exact) mass is 316 g/mol. The lowest BCUT2D eigenvalue weighted by Gasteiger charge is -2.12. The Kier molecular flexibility index (Phi) is 5.79. The van der Waals surface area contributed by atoms with Gasteiger partial charge in [-0.15, -0.1) is 0 Å². The molecule has 2 rings (SSSR count). The normalized spacial score (nSPS) is 12.3. The van der Waals surface area contributed by atoms with Crippen molar-refractivity contribution in [1.82, 2.24) is 9.88 Å². The van der Waals surface area contributed by atoms with E-state index in [1.54, 1.807) is 0 Å². The molecule has 124 valence electrons. The number of aliphatic carboxylic acids is 1. The number of fused-ring (bicyclic) bond motifs is 1. The molecule has 0 saturated heterocycles. The summed E-state index contributed by atoms with van der Waals surface area (Å²) in [7, 11) is 0. The van der Waals surface area contributed by atoms with E-state index in [2.05, 4.69) is 16.8 Å². The van der Waals surface area contributed by atoms with Gasteiger partial charge in [-0.25, -0.2) is 0 Å². The predicted molar refractivity (Wildman–Crippen MR) is 90.4 cm³/mol. The molecule has 0 radical (unpaired) electrons. The van der Waals surface area contributed by atoms with E-state index in [0.717, 1.165) is 29.4 Å². The Morgan fingerprint density at radius 2 is 2.00 bits per heavy atom. The molecule has 1 heterocycles. The van der Waals surface area contributed by atoms with Crippen molar-refractivity contribution in [2.24, 2.45) is 5.92 Å². The fourth-order valence-electron chi connectivity index (χ4n) is 2.86. The summed E-state index contributed by atoms with van der Waals surface area (Å²) in [4.78, 5) is 23.3. The number of carbonyl (C=O) groups is 2. The second-order valence-corrected chi connectivity index (χ2v) is 5.76. The van der Waals surface area contributed by atoms with Gasteiger partial charge < -0.3 is 15.0 Å². The largest absolute Gasteiger partial charge is 0.481 e. The van der Waals surface area contributed by atoms with Crippen LogP contribution in [0.15, 0.2) is 30.5 Å². The summed E-state index contributed by atoms with van der Waals surface area (Å²) in [6, 6.07) is 8.01. The van der Waals surface area contributed by atoms with Gasteiger partial charge in [-0.05, 0) is 25.0 Å². The molecule has 1 amide bonds. The number of aryl methyl sites for hydroxylation is 1. The Morgan fingerprint density at radius 3 is 2.65 bits per heavy atom. The van der Waals surface area contributed by atoms with Crippen LogP contribution in [0, 0.1) is 5.92 Å².